The molecule has 0 radical (unpaired) electrons. The zero-order valence-electron chi connectivity index (χ0n) is 17.1. The van der Waals surface area contributed by atoms with Crippen molar-refractivity contribution in [2.24, 2.45) is 0 Å². The van der Waals surface area contributed by atoms with Gasteiger partial charge in [0.05, 0.1) is 19.3 Å². The molecule has 5 nitrogen and oxygen atoms in total. The average molecular weight is 417 g/mol. The Morgan fingerprint density at radius 1 is 1.07 bits per heavy atom. The lowest BCUT2D eigenvalue weighted by Crippen LogP contribution is -2.38. The summed E-state index contributed by atoms with van der Waals surface area (Å²) in [6.07, 6.45) is 2.74. The van der Waals surface area contributed by atoms with E-state index >= 15 is 0 Å². The first-order chi connectivity index (χ1) is 14.3. The van der Waals surface area contributed by atoms with Gasteiger partial charge >= 0.3 is 0 Å². The highest BCUT2D eigenvalue weighted by Crippen LogP contribution is 2.20. The Balaban J connectivity index is 1.27. The monoisotopic (exact) mass is 416 g/mol. The molecule has 0 bridgehead atoms. The zero-order valence-corrected chi connectivity index (χ0v) is 17.9. The summed E-state index contributed by atoms with van der Waals surface area (Å²) in [7, 11) is 0. The fraction of sp³-hybridized carbons (Fsp3) is 0.565. The van der Waals surface area contributed by atoms with Crippen LogP contribution >= 0.6 is 11.3 Å². The van der Waals surface area contributed by atoms with Crippen molar-refractivity contribution < 1.29 is 14.2 Å². The summed E-state index contributed by atoms with van der Waals surface area (Å²) in [5, 5.41) is 2.16. The molecule has 29 heavy (non-hydrogen) atoms. The third-order valence-electron chi connectivity index (χ3n) is 5.55. The number of hydrogen-bond donors (Lipinski definition) is 0. The Labute approximate surface area is 178 Å². The highest BCUT2D eigenvalue weighted by Gasteiger charge is 2.20. The number of morpholine rings is 1. The summed E-state index contributed by atoms with van der Waals surface area (Å²) in [5.74, 6) is 0.950. The number of nitrogens with zero attached hydrogens (tertiary/aromatic N) is 2. The van der Waals surface area contributed by atoms with E-state index in [0.29, 0.717) is 6.10 Å². The third kappa shape index (κ3) is 6.79. The largest absolute Gasteiger partial charge is 0.492 e. The molecule has 0 saturated carbocycles. The lowest BCUT2D eigenvalue weighted by atomic mass is 10.1. The van der Waals surface area contributed by atoms with E-state index < -0.39 is 0 Å². The van der Waals surface area contributed by atoms with Crippen molar-refractivity contribution in [3.05, 3.63) is 52.2 Å². The first kappa shape index (κ1) is 20.8. The van der Waals surface area contributed by atoms with Gasteiger partial charge in [-0.3, -0.25) is 9.80 Å². The number of benzene rings is 1. The fourth-order valence-corrected chi connectivity index (χ4v) is 4.70. The van der Waals surface area contributed by atoms with Gasteiger partial charge in [0.25, 0.3) is 0 Å². The van der Waals surface area contributed by atoms with Crippen molar-refractivity contribution in [1.82, 2.24) is 9.80 Å². The van der Waals surface area contributed by atoms with Crippen LogP contribution in [-0.2, 0) is 22.6 Å². The van der Waals surface area contributed by atoms with Gasteiger partial charge in [-0.25, -0.2) is 0 Å². The molecule has 0 N–H and O–H groups in total. The van der Waals surface area contributed by atoms with Crippen molar-refractivity contribution in [1.29, 1.82) is 0 Å². The summed E-state index contributed by atoms with van der Waals surface area (Å²) < 4.78 is 17.2. The fourth-order valence-electron chi connectivity index (χ4n) is 3.95. The SMILES string of the molecule is c1csc(CN(Cc2ccc(OCCN3CCOCC3)cc2)CC2CCCO2)c1. The molecule has 3 heterocycles. The number of thiophene rings is 1. The van der Waals surface area contributed by atoms with Crippen LogP contribution < -0.4 is 4.74 Å². The predicted octanol–water partition coefficient (Wildman–Crippen LogP) is 3.64. The highest BCUT2D eigenvalue weighted by molar-refractivity contribution is 7.09. The standard InChI is InChI=1S/C23H32N2O3S/c1-3-22(27-12-1)18-25(19-23-4-2-16-29-23)17-20-5-7-21(8-6-20)28-15-11-24-9-13-26-14-10-24/h2,4-8,16,22H,1,3,9-15,17-19H2. The van der Waals surface area contributed by atoms with E-state index in [2.05, 4.69) is 51.6 Å². The first-order valence-corrected chi connectivity index (χ1v) is 11.6. The van der Waals surface area contributed by atoms with Crippen LogP contribution in [0.25, 0.3) is 0 Å². The minimum atomic E-state index is 0.373. The average Bonchev–Trinajstić information content (AvgIpc) is 3.45. The van der Waals surface area contributed by atoms with E-state index in [1.807, 2.05) is 11.3 Å². The summed E-state index contributed by atoms with van der Waals surface area (Å²) in [6, 6.07) is 12.9. The minimum absolute atomic E-state index is 0.373. The Bertz CT molecular complexity index is 695. The molecule has 2 aliphatic rings. The Kier molecular flexibility index (Phi) is 7.96. The summed E-state index contributed by atoms with van der Waals surface area (Å²) >= 11 is 1.83. The summed E-state index contributed by atoms with van der Waals surface area (Å²) in [4.78, 5) is 6.31. The van der Waals surface area contributed by atoms with Crippen LogP contribution in [0.2, 0.25) is 0 Å². The van der Waals surface area contributed by atoms with Gasteiger partial charge in [-0.2, -0.15) is 0 Å². The second kappa shape index (κ2) is 11.1. The van der Waals surface area contributed by atoms with E-state index in [9.17, 15) is 0 Å². The molecule has 2 saturated heterocycles. The molecule has 2 aliphatic heterocycles. The second-order valence-electron chi connectivity index (χ2n) is 7.83. The number of hydrogen-bond acceptors (Lipinski definition) is 6. The minimum Gasteiger partial charge on any atom is -0.492 e. The quantitative estimate of drug-likeness (QED) is 0.591. The Morgan fingerprint density at radius 3 is 2.66 bits per heavy atom. The number of rotatable bonds is 10. The topological polar surface area (TPSA) is 34.2 Å². The molecule has 1 atom stereocenters. The predicted molar refractivity (Wildman–Crippen MR) is 117 cm³/mol. The maximum absolute atomic E-state index is 5.95. The molecular weight excluding hydrogens is 384 g/mol. The first-order valence-electron chi connectivity index (χ1n) is 10.7. The number of ether oxygens (including phenoxy) is 3. The van der Waals surface area contributed by atoms with Crippen LogP contribution in [0.15, 0.2) is 41.8 Å². The van der Waals surface area contributed by atoms with Gasteiger partial charge < -0.3 is 14.2 Å². The van der Waals surface area contributed by atoms with E-state index in [-0.39, 0.29) is 0 Å². The van der Waals surface area contributed by atoms with Crippen LogP contribution in [0.5, 0.6) is 5.75 Å². The molecule has 1 unspecified atom stereocenters. The van der Waals surface area contributed by atoms with Gasteiger partial charge in [-0.05, 0) is 42.0 Å². The molecule has 2 fully saturated rings. The Hall–Kier alpha value is -1.44. The van der Waals surface area contributed by atoms with Crippen molar-refractivity contribution in [2.45, 2.75) is 32.0 Å². The highest BCUT2D eigenvalue weighted by atomic mass is 32.1. The van der Waals surface area contributed by atoms with Crippen molar-refractivity contribution >= 4 is 11.3 Å². The molecule has 0 amide bonds. The van der Waals surface area contributed by atoms with Gasteiger partial charge in [0, 0.05) is 50.8 Å². The van der Waals surface area contributed by atoms with Crippen LogP contribution in [0.4, 0.5) is 0 Å². The van der Waals surface area contributed by atoms with E-state index in [0.717, 1.165) is 71.4 Å². The molecule has 0 spiro atoms. The van der Waals surface area contributed by atoms with Gasteiger partial charge in [0.1, 0.15) is 12.4 Å². The van der Waals surface area contributed by atoms with Crippen LogP contribution in [0.3, 0.4) is 0 Å². The smallest absolute Gasteiger partial charge is 0.119 e. The molecule has 0 aliphatic carbocycles. The van der Waals surface area contributed by atoms with Crippen molar-refractivity contribution in [3.8, 4) is 5.75 Å². The van der Waals surface area contributed by atoms with E-state index in [4.69, 9.17) is 14.2 Å². The maximum atomic E-state index is 5.95. The van der Waals surface area contributed by atoms with Crippen molar-refractivity contribution in [3.63, 3.8) is 0 Å². The van der Waals surface area contributed by atoms with E-state index in [1.54, 1.807) is 0 Å². The van der Waals surface area contributed by atoms with Gasteiger partial charge in [0.2, 0.25) is 0 Å². The second-order valence-corrected chi connectivity index (χ2v) is 8.86. The molecule has 4 rings (SSSR count). The van der Waals surface area contributed by atoms with Crippen molar-refractivity contribution in [2.75, 3.05) is 52.6 Å². The zero-order chi connectivity index (χ0) is 19.7. The summed E-state index contributed by atoms with van der Waals surface area (Å²) in [5.41, 5.74) is 1.32. The normalized spacial score (nSPS) is 20.4. The molecule has 6 heteroatoms. The summed E-state index contributed by atoms with van der Waals surface area (Å²) in [6.45, 7) is 9.19. The molecular formula is C23H32N2O3S. The van der Waals surface area contributed by atoms with Gasteiger partial charge in [-0.1, -0.05) is 18.2 Å². The lowest BCUT2D eigenvalue weighted by molar-refractivity contribution is 0.0322. The molecule has 2 aromatic rings. The lowest BCUT2D eigenvalue weighted by Gasteiger charge is -2.26. The van der Waals surface area contributed by atoms with Crippen LogP contribution in [0.1, 0.15) is 23.3 Å². The molecule has 1 aromatic heterocycles. The molecule has 1 aromatic carbocycles. The van der Waals surface area contributed by atoms with Crippen LogP contribution in [-0.4, -0.2) is 68.5 Å². The van der Waals surface area contributed by atoms with Gasteiger partial charge in [-0.15, -0.1) is 11.3 Å². The molecule has 158 valence electrons. The van der Waals surface area contributed by atoms with Gasteiger partial charge in [0.15, 0.2) is 0 Å². The Morgan fingerprint density at radius 2 is 1.93 bits per heavy atom. The third-order valence-corrected chi connectivity index (χ3v) is 6.42. The van der Waals surface area contributed by atoms with Crippen LogP contribution in [0, 0.1) is 0 Å². The maximum Gasteiger partial charge on any atom is 0.119 e. The van der Waals surface area contributed by atoms with E-state index in [1.165, 1.54) is 23.3 Å².